The number of aromatic nitrogens is 4. The zero-order valence-corrected chi connectivity index (χ0v) is 28.5. The number of sulfonamides is 1. The molecule has 8 rings (SSSR count). The van der Waals surface area contributed by atoms with Gasteiger partial charge in [-0.3, -0.25) is 9.10 Å². The third kappa shape index (κ3) is 5.01. The lowest BCUT2D eigenvalue weighted by atomic mass is 10.1. The summed E-state index contributed by atoms with van der Waals surface area (Å²) >= 11 is 0. The summed E-state index contributed by atoms with van der Waals surface area (Å²) in [4.78, 5) is 25.7. The monoisotopic (exact) mass is 683 g/mol. The maximum absolute atomic E-state index is 15.9. The summed E-state index contributed by atoms with van der Waals surface area (Å²) < 4.78 is 51.6. The first-order valence-corrected chi connectivity index (χ1v) is 18.0. The molecule has 1 aliphatic heterocycles. The fourth-order valence-corrected chi connectivity index (χ4v) is 8.32. The number of hydrogen-bond donors (Lipinski definition) is 1. The first-order valence-electron chi connectivity index (χ1n) is 16.5. The number of imidazole rings is 1. The molecule has 2 bridgehead atoms. The Morgan fingerprint density at radius 2 is 1.94 bits per heavy atom. The van der Waals surface area contributed by atoms with E-state index in [1.807, 2.05) is 34.7 Å². The molecule has 13 heteroatoms. The third-order valence-electron chi connectivity index (χ3n) is 10.6. The number of carbonyl (C=O) groups excluding carboxylic acids is 1. The van der Waals surface area contributed by atoms with Crippen LogP contribution in [0.15, 0.2) is 60.5 Å². The van der Waals surface area contributed by atoms with E-state index in [0.717, 1.165) is 52.0 Å². The molecule has 3 atom stereocenters. The topological polar surface area (TPSA) is 129 Å². The van der Waals surface area contributed by atoms with E-state index >= 15 is 4.39 Å². The van der Waals surface area contributed by atoms with Crippen LogP contribution >= 0.6 is 0 Å². The number of carbonyl (C=O) groups is 1. The molecule has 2 aromatic carbocycles. The number of ether oxygens (including phenoxy) is 1. The molecule has 4 heterocycles. The van der Waals surface area contributed by atoms with E-state index in [0.29, 0.717) is 58.9 Å². The Morgan fingerprint density at radius 3 is 2.61 bits per heavy atom. The van der Waals surface area contributed by atoms with Gasteiger partial charge in [0.05, 0.1) is 29.7 Å². The maximum atomic E-state index is 15.9. The zero-order chi connectivity index (χ0) is 34.4. The highest BCUT2D eigenvalue weighted by Crippen LogP contribution is 2.41. The predicted octanol–water partition coefficient (Wildman–Crippen LogP) is 5.29. The lowest BCUT2D eigenvalue weighted by molar-refractivity contribution is 0.0700. The minimum atomic E-state index is -3.90. The smallest absolute Gasteiger partial charge is 0.256 e. The number of nitrogens with two attached hydrogens (primary N) is 1. The quantitative estimate of drug-likeness (QED) is 0.224. The molecule has 2 unspecified atom stereocenters. The van der Waals surface area contributed by atoms with Gasteiger partial charge in [-0.15, -0.1) is 0 Å². The van der Waals surface area contributed by atoms with E-state index in [2.05, 4.69) is 11.1 Å². The van der Waals surface area contributed by atoms with Crippen LogP contribution in [0.25, 0.3) is 44.8 Å². The van der Waals surface area contributed by atoms with Gasteiger partial charge in [0.2, 0.25) is 0 Å². The van der Waals surface area contributed by atoms with Gasteiger partial charge in [-0.25, -0.2) is 22.8 Å². The van der Waals surface area contributed by atoms with Gasteiger partial charge in [0.15, 0.2) is 11.6 Å². The first kappa shape index (κ1) is 31.5. The Balaban J connectivity index is 1.23. The number of pyridine rings is 1. The van der Waals surface area contributed by atoms with Crippen molar-refractivity contribution in [3.05, 3.63) is 71.9 Å². The second-order valence-electron chi connectivity index (χ2n) is 13.5. The average molecular weight is 684 g/mol. The lowest BCUT2D eigenvalue weighted by Crippen LogP contribution is -2.41. The molecule has 2 saturated carbocycles. The molecule has 1 saturated heterocycles. The van der Waals surface area contributed by atoms with Crippen molar-refractivity contribution in [3.63, 3.8) is 0 Å². The van der Waals surface area contributed by atoms with Crippen LogP contribution in [0.3, 0.4) is 0 Å². The Morgan fingerprint density at radius 1 is 1.14 bits per heavy atom. The molecule has 3 aromatic heterocycles. The van der Waals surface area contributed by atoms with Gasteiger partial charge in [-0.2, -0.15) is 0 Å². The summed E-state index contributed by atoms with van der Waals surface area (Å²) in [6.07, 6.45) is 4.19. The highest BCUT2D eigenvalue weighted by molar-refractivity contribution is 7.95. The van der Waals surface area contributed by atoms with Crippen molar-refractivity contribution in [2.75, 3.05) is 25.0 Å². The fraction of sp³-hybridized carbons (Fsp3) is 0.361. The number of piperidine rings is 1. The number of amides is 1. The molecular weight excluding hydrogens is 646 g/mol. The summed E-state index contributed by atoms with van der Waals surface area (Å²) in [5.41, 5.74) is 10.3. The van der Waals surface area contributed by atoms with Gasteiger partial charge in [0, 0.05) is 61.2 Å². The first-order chi connectivity index (χ1) is 23.5. The minimum absolute atomic E-state index is 0.0220. The molecule has 2 N–H and O–H groups in total. The van der Waals surface area contributed by atoms with Gasteiger partial charge >= 0.3 is 0 Å². The van der Waals surface area contributed by atoms with E-state index in [1.165, 1.54) is 13.1 Å². The molecule has 0 spiro atoms. The van der Waals surface area contributed by atoms with Gasteiger partial charge in [-0.05, 0) is 80.0 Å². The molecule has 3 aliphatic rings. The largest absolute Gasteiger partial charge is 0.494 e. The second kappa shape index (κ2) is 11.4. The molecule has 0 radical (unpaired) electrons. The standard InChI is InChI=1S/C36H38FN7O4S/c1-5-49(46,47)42(3)27-8-6-7-24(31(27)37)25-13-11-21-16-29(43(34(21)39-25)18-20-9-10-20)35-40-26-15-23(17-30(48-4)33(26)41(35)2)36(45)44-19-22-12-14-28(44)32(22)38/h5-8,11,13,15-17,20,22,28,32H,1,9-10,12,14,18-19,38H2,2-4H3/t22?,28?,32-/m1/s1. The average Bonchev–Trinajstić information content (AvgIpc) is 3.51. The van der Waals surface area contributed by atoms with Crippen molar-refractivity contribution in [3.8, 4) is 28.5 Å². The fourth-order valence-electron chi connectivity index (χ4n) is 7.68. The predicted molar refractivity (Wildman–Crippen MR) is 187 cm³/mol. The summed E-state index contributed by atoms with van der Waals surface area (Å²) in [6, 6.07) is 14.0. The van der Waals surface area contributed by atoms with Crippen molar-refractivity contribution in [2.45, 2.75) is 44.3 Å². The number of aryl methyl sites for hydroxylation is 1. The van der Waals surface area contributed by atoms with Crippen LogP contribution in [0.5, 0.6) is 5.75 Å². The molecule has 11 nitrogen and oxygen atoms in total. The van der Waals surface area contributed by atoms with Crippen molar-refractivity contribution in [2.24, 2.45) is 24.6 Å². The van der Waals surface area contributed by atoms with Crippen LogP contribution in [0.2, 0.25) is 0 Å². The molecule has 3 fully saturated rings. The highest BCUT2D eigenvalue weighted by atomic mass is 32.2. The number of likely N-dealkylation sites (tertiary alicyclic amines) is 1. The number of rotatable bonds is 9. The number of anilines is 1. The van der Waals surface area contributed by atoms with E-state index in [-0.39, 0.29) is 29.2 Å². The number of methoxy groups -OCH3 is 1. The van der Waals surface area contributed by atoms with Crippen LogP contribution in [0, 0.1) is 17.7 Å². The van der Waals surface area contributed by atoms with Gasteiger partial charge in [-0.1, -0.05) is 12.6 Å². The van der Waals surface area contributed by atoms with Crippen LogP contribution in [0.1, 0.15) is 36.0 Å². The molecular formula is C36H38FN7O4S. The zero-order valence-electron chi connectivity index (χ0n) is 27.6. The Hall–Kier alpha value is -4.75. The maximum Gasteiger partial charge on any atom is 0.256 e. The summed E-state index contributed by atoms with van der Waals surface area (Å²) in [6.45, 7) is 4.74. The molecule has 5 aromatic rings. The molecule has 1 amide bonds. The number of nitrogens with zero attached hydrogens (tertiary/aromatic N) is 6. The number of benzene rings is 2. The lowest BCUT2D eigenvalue weighted by Gasteiger charge is -2.27. The summed E-state index contributed by atoms with van der Waals surface area (Å²) in [5, 5.41) is 1.65. The summed E-state index contributed by atoms with van der Waals surface area (Å²) in [7, 11) is 0.920. The summed E-state index contributed by atoms with van der Waals surface area (Å²) in [5.74, 6) is 1.31. The molecule has 2 aliphatic carbocycles. The van der Waals surface area contributed by atoms with Crippen LogP contribution in [-0.4, -0.2) is 71.1 Å². The number of hydrogen-bond acceptors (Lipinski definition) is 7. The van der Waals surface area contributed by atoms with Crippen molar-refractivity contribution >= 4 is 43.7 Å². The number of halogens is 1. The van der Waals surface area contributed by atoms with E-state index in [4.69, 9.17) is 20.4 Å². The molecule has 254 valence electrons. The van der Waals surface area contributed by atoms with E-state index < -0.39 is 15.8 Å². The van der Waals surface area contributed by atoms with Gasteiger partial charge in [0.1, 0.15) is 16.9 Å². The number of fused-ring (bicyclic) bond motifs is 4. The van der Waals surface area contributed by atoms with Gasteiger partial charge in [0.25, 0.3) is 15.9 Å². The van der Waals surface area contributed by atoms with Crippen LogP contribution in [0.4, 0.5) is 10.1 Å². The van der Waals surface area contributed by atoms with Crippen molar-refractivity contribution < 1.29 is 22.3 Å². The third-order valence-corrected chi connectivity index (χ3v) is 12.0. The van der Waals surface area contributed by atoms with Crippen molar-refractivity contribution in [1.29, 1.82) is 0 Å². The SMILES string of the molecule is C=CS(=O)(=O)N(C)c1cccc(-c2ccc3cc(-c4nc5cc(C(=O)N6CC7CCC6[C@@H]7N)cc(OC)c5n4C)n(CC4CC4)c3n2)c1F. The van der Waals surface area contributed by atoms with Crippen LogP contribution in [-0.2, 0) is 23.6 Å². The Labute approximate surface area is 283 Å². The van der Waals surface area contributed by atoms with E-state index in [9.17, 15) is 13.2 Å². The van der Waals surface area contributed by atoms with Crippen molar-refractivity contribution in [1.82, 2.24) is 24.0 Å². The minimum Gasteiger partial charge on any atom is -0.494 e. The highest BCUT2D eigenvalue weighted by Gasteiger charge is 2.47. The van der Waals surface area contributed by atoms with E-state index in [1.54, 1.807) is 31.4 Å². The van der Waals surface area contributed by atoms with Gasteiger partial charge < -0.3 is 24.5 Å². The second-order valence-corrected chi connectivity index (χ2v) is 15.4. The van der Waals surface area contributed by atoms with Crippen LogP contribution < -0.4 is 14.8 Å². The molecule has 49 heavy (non-hydrogen) atoms. The normalized spacial score (nSPS) is 20.4. The Bertz CT molecular complexity index is 2290. The Kier molecular flexibility index (Phi) is 7.34.